The molecule has 0 saturated heterocycles. The normalized spacial score (nSPS) is 11.6. The van der Waals surface area contributed by atoms with Crippen LogP contribution in [0, 0.1) is 0 Å². The molecule has 0 bridgehead atoms. The van der Waals surface area contributed by atoms with E-state index in [-0.39, 0.29) is 5.78 Å². The number of Topliss-reactive ketones (excluding diaryl/α,β-unsaturated/α-hetero) is 1. The van der Waals surface area contributed by atoms with Crippen molar-refractivity contribution in [2.75, 3.05) is 0 Å². The summed E-state index contributed by atoms with van der Waals surface area (Å²) in [5.74, 6) is 0.0806. The number of allylic oxidation sites excluding steroid dienone is 1. The van der Waals surface area contributed by atoms with Crippen LogP contribution in [0.3, 0.4) is 0 Å². The Labute approximate surface area is 110 Å². The minimum atomic E-state index is 0.0806. The van der Waals surface area contributed by atoms with E-state index in [0.29, 0.717) is 6.42 Å². The first kappa shape index (κ1) is 11.5. The number of carbonyl (C=O) groups excluding carboxylic acids is 1. The zero-order valence-electron chi connectivity index (χ0n) is 10.4. The van der Waals surface area contributed by atoms with Gasteiger partial charge in [0.1, 0.15) is 0 Å². The highest BCUT2D eigenvalue weighted by Gasteiger charge is 2.12. The van der Waals surface area contributed by atoms with Gasteiger partial charge in [0.15, 0.2) is 5.78 Å². The summed E-state index contributed by atoms with van der Waals surface area (Å²) in [5, 5.41) is 2.08. The Morgan fingerprint density at radius 1 is 1.11 bits per heavy atom. The molecule has 0 unspecified atom stereocenters. The van der Waals surface area contributed by atoms with Crippen LogP contribution in [0.1, 0.15) is 16.8 Å². The van der Waals surface area contributed by atoms with Gasteiger partial charge < -0.3 is 10.7 Å². The van der Waals surface area contributed by atoms with E-state index in [2.05, 4.69) is 4.98 Å². The van der Waals surface area contributed by atoms with Gasteiger partial charge in [0, 0.05) is 33.8 Å². The number of hydrogen-bond acceptors (Lipinski definition) is 2. The first-order chi connectivity index (χ1) is 9.31. The Morgan fingerprint density at radius 3 is 2.74 bits per heavy atom. The molecule has 1 heterocycles. The second kappa shape index (κ2) is 4.61. The lowest BCUT2D eigenvalue weighted by molar-refractivity contribution is 0.0997. The summed E-state index contributed by atoms with van der Waals surface area (Å²) in [4.78, 5) is 15.6. The number of para-hydroxylation sites is 1. The van der Waals surface area contributed by atoms with Crippen molar-refractivity contribution in [3.63, 3.8) is 0 Å². The molecule has 0 atom stereocenters. The number of nitrogens with two attached hydrogens (primary N) is 1. The topological polar surface area (TPSA) is 58.9 Å². The van der Waals surface area contributed by atoms with Gasteiger partial charge in [0.05, 0.1) is 0 Å². The largest absolute Gasteiger partial charge is 0.405 e. The van der Waals surface area contributed by atoms with E-state index in [0.717, 1.165) is 27.4 Å². The predicted octanol–water partition coefficient (Wildman–Crippen LogP) is 3.37. The van der Waals surface area contributed by atoms with Gasteiger partial charge in [-0.25, -0.2) is 0 Å². The van der Waals surface area contributed by atoms with E-state index < -0.39 is 0 Å². The molecule has 3 nitrogen and oxygen atoms in total. The molecule has 0 radical (unpaired) electrons. The lowest BCUT2D eigenvalue weighted by Crippen LogP contribution is -1.98. The summed E-state index contributed by atoms with van der Waals surface area (Å²) < 4.78 is 0. The fourth-order valence-corrected chi connectivity index (χ4v) is 2.42. The zero-order valence-corrected chi connectivity index (χ0v) is 10.4. The molecule has 0 aliphatic carbocycles. The lowest BCUT2D eigenvalue weighted by atomic mass is 10.0. The average Bonchev–Trinajstić information content (AvgIpc) is 2.83. The van der Waals surface area contributed by atoms with Crippen molar-refractivity contribution >= 4 is 27.6 Å². The first-order valence-electron chi connectivity index (χ1n) is 6.20. The smallest absolute Gasteiger partial charge is 0.167 e. The standard InChI is InChI=1S/C16H14N2O/c17-10-4-9-15(19)12-6-3-8-14-16(12)11-5-1-2-7-13(11)18-14/h1-8,10,18H,9,17H2. The van der Waals surface area contributed by atoms with E-state index in [1.165, 1.54) is 6.20 Å². The van der Waals surface area contributed by atoms with Crippen LogP contribution in [0.25, 0.3) is 21.8 Å². The van der Waals surface area contributed by atoms with Gasteiger partial charge in [-0.2, -0.15) is 0 Å². The second-order valence-corrected chi connectivity index (χ2v) is 4.45. The van der Waals surface area contributed by atoms with Gasteiger partial charge in [-0.05, 0) is 18.3 Å². The lowest BCUT2D eigenvalue weighted by Gasteiger charge is -2.01. The van der Waals surface area contributed by atoms with Gasteiger partial charge >= 0.3 is 0 Å². The third-order valence-electron chi connectivity index (χ3n) is 3.27. The van der Waals surface area contributed by atoms with Crippen molar-refractivity contribution < 1.29 is 4.79 Å². The van der Waals surface area contributed by atoms with Gasteiger partial charge in [-0.15, -0.1) is 0 Å². The molecule has 3 N–H and O–H groups in total. The van der Waals surface area contributed by atoms with E-state index in [4.69, 9.17) is 5.73 Å². The van der Waals surface area contributed by atoms with Crippen LogP contribution in [0.4, 0.5) is 0 Å². The van der Waals surface area contributed by atoms with Crippen molar-refractivity contribution in [3.05, 3.63) is 60.3 Å². The molecule has 0 fully saturated rings. The van der Waals surface area contributed by atoms with Crippen LogP contribution < -0.4 is 5.73 Å². The van der Waals surface area contributed by atoms with Crippen LogP contribution in [-0.2, 0) is 0 Å². The number of carbonyl (C=O) groups is 1. The third-order valence-corrected chi connectivity index (χ3v) is 3.27. The van der Waals surface area contributed by atoms with Crippen LogP contribution >= 0.6 is 0 Å². The monoisotopic (exact) mass is 250 g/mol. The van der Waals surface area contributed by atoms with Crippen molar-refractivity contribution in [2.24, 2.45) is 5.73 Å². The van der Waals surface area contributed by atoms with E-state index in [1.54, 1.807) is 6.08 Å². The summed E-state index contributed by atoms with van der Waals surface area (Å²) in [5.41, 5.74) is 8.08. The molecule has 94 valence electrons. The summed E-state index contributed by atoms with van der Waals surface area (Å²) in [6.07, 6.45) is 3.42. The number of fused-ring (bicyclic) bond motifs is 3. The van der Waals surface area contributed by atoms with Crippen LogP contribution in [0.15, 0.2) is 54.7 Å². The first-order valence-corrected chi connectivity index (χ1v) is 6.20. The summed E-state index contributed by atoms with van der Waals surface area (Å²) in [7, 11) is 0. The quantitative estimate of drug-likeness (QED) is 0.700. The molecule has 0 saturated carbocycles. The van der Waals surface area contributed by atoms with Crippen molar-refractivity contribution in [1.82, 2.24) is 4.98 Å². The second-order valence-electron chi connectivity index (χ2n) is 4.45. The number of aromatic nitrogens is 1. The Bertz CT molecular complexity index is 784. The fourth-order valence-electron chi connectivity index (χ4n) is 2.42. The molecule has 0 spiro atoms. The molecular weight excluding hydrogens is 236 g/mol. The highest BCUT2D eigenvalue weighted by atomic mass is 16.1. The number of rotatable bonds is 3. The minimum absolute atomic E-state index is 0.0806. The van der Waals surface area contributed by atoms with Crippen molar-refractivity contribution in [3.8, 4) is 0 Å². The molecule has 1 aromatic heterocycles. The number of ketones is 1. The zero-order chi connectivity index (χ0) is 13.2. The molecule has 0 amide bonds. The molecule has 19 heavy (non-hydrogen) atoms. The van der Waals surface area contributed by atoms with Crippen LogP contribution in [-0.4, -0.2) is 10.8 Å². The molecular formula is C16H14N2O. The highest BCUT2D eigenvalue weighted by molar-refractivity contribution is 6.18. The average molecular weight is 250 g/mol. The summed E-state index contributed by atoms with van der Waals surface area (Å²) in [6.45, 7) is 0. The maximum atomic E-state index is 12.2. The van der Waals surface area contributed by atoms with Gasteiger partial charge in [-0.3, -0.25) is 4.79 Å². The summed E-state index contributed by atoms with van der Waals surface area (Å²) in [6, 6.07) is 13.8. The van der Waals surface area contributed by atoms with Crippen LogP contribution in [0.2, 0.25) is 0 Å². The molecule has 0 aliphatic rings. The number of nitrogens with one attached hydrogen (secondary N) is 1. The number of hydrogen-bond donors (Lipinski definition) is 2. The SMILES string of the molecule is NC=CCC(=O)c1cccc2[nH]c3ccccc3c12. The maximum Gasteiger partial charge on any atom is 0.167 e. The molecule has 3 rings (SSSR count). The highest BCUT2D eigenvalue weighted by Crippen LogP contribution is 2.28. The Kier molecular flexibility index (Phi) is 2.80. The minimum Gasteiger partial charge on any atom is -0.405 e. The summed E-state index contributed by atoms with van der Waals surface area (Å²) >= 11 is 0. The maximum absolute atomic E-state index is 12.2. The Hall–Kier alpha value is -2.55. The molecule has 3 aromatic rings. The van der Waals surface area contributed by atoms with Gasteiger partial charge in [-0.1, -0.05) is 36.4 Å². The molecule has 3 heteroatoms. The Morgan fingerprint density at radius 2 is 1.89 bits per heavy atom. The fraction of sp³-hybridized carbons (Fsp3) is 0.0625. The number of H-pyrrole nitrogens is 1. The predicted molar refractivity (Wildman–Crippen MR) is 78.1 cm³/mol. The van der Waals surface area contributed by atoms with Gasteiger partial charge in [0.25, 0.3) is 0 Å². The molecule has 0 aliphatic heterocycles. The van der Waals surface area contributed by atoms with E-state index >= 15 is 0 Å². The molecule has 2 aromatic carbocycles. The third kappa shape index (κ3) is 1.89. The van der Waals surface area contributed by atoms with Crippen LogP contribution in [0.5, 0.6) is 0 Å². The van der Waals surface area contributed by atoms with Crippen molar-refractivity contribution in [1.29, 1.82) is 0 Å². The van der Waals surface area contributed by atoms with E-state index in [9.17, 15) is 4.79 Å². The van der Waals surface area contributed by atoms with Crippen molar-refractivity contribution in [2.45, 2.75) is 6.42 Å². The van der Waals surface area contributed by atoms with E-state index in [1.807, 2.05) is 42.5 Å². The Balaban J connectivity index is 2.27. The number of benzene rings is 2. The van der Waals surface area contributed by atoms with Gasteiger partial charge in [0.2, 0.25) is 0 Å². The number of aromatic amines is 1.